The van der Waals surface area contributed by atoms with Gasteiger partial charge in [-0.25, -0.2) is 0 Å². The van der Waals surface area contributed by atoms with Crippen molar-refractivity contribution in [3.63, 3.8) is 0 Å². The summed E-state index contributed by atoms with van der Waals surface area (Å²) in [5.41, 5.74) is -0.0539. The van der Waals surface area contributed by atoms with Crippen LogP contribution < -0.4 is 0 Å². The maximum Gasteiger partial charge on any atom is 0.142 e. The highest BCUT2D eigenvalue weighted by Gasteiger charge is 2.41. The van der Waals surface area contributed by atoms with Gasteiger partial charge in [0, 0.05) is 31.0 Å². The predicted molar refractivity (Wildman–Crippen MR) is 66.3 cm³/mol. The van der Waals surface area contributed by atoms with Crippen molar-refractivity contribution < 1.29 is 4.79 Å². The Morgan fingerprint density at radius 3 is 2.25 bits per heavy atom. The van der Waals surface area contributed by atoms with Crippen LogP contribution in [0.2, 0.25) is 0 Å². The van der Waals surface area contributed by atoms with E-state index in [0.29, 0.717) is 11.7 Å². The van der Waals surface area contributed by atoms with Gasteiger partial charge in [-0.1, -0.05) is 27.7 Å². The van der Waals surface area contributed by atoms with Crippen LogP contribution >= 0.6 is 0 Å². The Labute approximate surface area is 99.4 Å². The van der Waals surface area contributed by atoms with E-state index in [2.05, 4.69) is 32.6 Å². The van der Waals surface area contributed by atoms with Gasteiger partial charge in [0.25, 0.3) is 0 Å². The summed E-state index contributed by atoms with van der Waals surface area (Å²) >= 11 is 0. The third-order valence-corrected chi connectivity index (χ3v) is 4.70. The van der Waals surface area contributed by atoms with Crippen molar-refractivity contribution >= 4 is 5.78 Å². The summed E-state index contributed by atoms with van der Waals surface area (Å²) in [5, 5.41) is 0. The average molecular weight is 223 g/mol. The molecule has 92 valence electrons. The van der Waals surface area contributed by atoms with E-state index in [1.165, 1.54) is 13.1 Å². The molecule has 0 aromatic heterocycles. The fourth-order valence-corrected chi connectivity index (χ4v) is 3.23. The molecular weight excluding hydrogens is 198 g/mol. The van der Waals surface area contributed by atoms with Crippen molar-refractivity contribution in [3.05, 3.63) is 0 Å². The zero-order valence-corrected chi connectivity index (χ0v) is 11.1. The summed E-state index contributed by atoms with van der Waals surface area (Å²) in [7, 11) is 0. The molecule has 0 spiro atoms. The minimum atomic E-state index is -0.0539. The molecule has 2 fully saturated rings. The van der Waals surface area contributed by atoms with Crippen LogP contribution in [0.1, 0.15) is 40.5 Å². The second-order valence-electron chi connectivity index (χ2n) is 6.66. The SMILES string of the molecule is CC1CN(CC2CCC(C)(C)C2=O)CC1C. The molecule has 1 aliphatic heterocycles. The third kappa shape index (κ3) is 2.17. The van der Waals surface area contributed by atoms with Crippen molar-refractivity contribution in [2.24, 2.45) is 23.2 Å². The number of carbonyl (C=O) groups excluding carboxylic acids is 1. The predicted octanol–water partition coefficient (Wildman–Crippen LogP) is 2.58. The van der Waals surface area contributed by atoms with Crippen molar-refractivity contribution in [3.8, 4) is 0 Å². The van der Waals surface area contributed by atoms with E-state index < -0.39 is 0 Å². The molecule has 3 unspecified atom stereocenters. The summed E-state index contributed by atoms with van der Waals surface area (Å²) in [5.74, 6) is 2.40. The molecule has 1 aliphatic carbocycles. The van der Waals surface area contributed by atoms with E-state index in [1.807, 2.05) is 0 Å². The van der Waals surface area contributed by atoms with Crippen molar-refractivity contribution in [2.75, 3.05) is 19.6 Å². The maximum atomic E-state index is 12.2. The van der Waals surface area contributed by atoms with Crippen LogP contribution in [-0.4, -0.2) is 30.3 Å². The molecule has 2 nitrogen and oxygen atoms in total. The van der Waals surface area contributed by atoms with Gasteiger partial charge in [-0.15, -0.1) is 0 Å². The van der Waals surface area contributed by atoms with Crippen LogP contribution in [-0.2, 0) is 4.79 Å². The number of Topliss-reactive ketones (excluding diaryl/α,β-unsaturated/α-hetero) is 1. The first kappa shape index (κ1) is 12.1. The molecule has 0 radical (unpaired) electrons. The monoisotopic (exact) mass is 223 g/mol. The molecule has 16 heavy (non-hydrogen) atoms. The van der Waals surface area contributed by atoms with Gasteiger partial charge in [0.05, 0.1) is 0 Å². The highest BCUT2D eigenvalue weighted by Crippen LogP contribution is 2.38. The second kappa shape index (κ2) is 4.14. The lowest BCUT2D eigenvalue weighted by Crippen LogP contribution is -2.32. The lowest BCUT2D eigenvalue weighted by molar-refractivity contribution is -0.127. The number of rotatable bonds is 2. The molecule has 0 aromatic carbocycles. The Bertz CT molecular complexity index is 274. The fourth-order valence-electron chi connectivity index (χ4n) is 3.23. The van der Waals surface area contributed by atoms with Gasteiger partial charge in [-0.05, 0) is 24.7 Å². The van der Waals surface area contributed by atoms with Crippen molar-refractivity contribution in [2.45, 2.75) is 40.5 Å². The minimum Gasteiger partial charge on any atom is -0.302 e. The molecular formula is C14H25NO. The second-order valence-corrected chi connectivity index (χ2v) is 6.66. The van der Waals surface area contributed by atoms with Crippen LogP contribution in [0.15, 0.2) is 0 Å². The lowest BCUT2D eigenvalue weighted by atomic mass is 9.89. The molecule has 1 saturated heterocycles. The quantitative estimate of drug-likeness (QED) is 0.717. The number of ketones is 1. The third-order valence-electron chi connectivity index (χ3n) is 4.70. The zero-order valence-electron chi connectivity index (χ0n) is 11.1. The van der Waals surface area contributed by atoms with E-state index in [1.54, 1.807) is 0 Å². The first-order valence-electron chi connectivity index (χ1n) is 6.67. The number of hydrogen-bond acceptors (Lipinski definition) is 2. The minimum absolute atomic E-state index is 0.0539. The van der Waals surface area contributed by atoms with E-state index in [0.717, 1.165) is 31.2 Å². The molecule has 2 rings (SSSR count). The summed E-state index contributed by atoms with van der Waals surface area (Å²) in [4.78, 5) is 14.7. The molecule has 0 amide bonds. The first-order valence-corrected chi connectivity index (χ1v) is 6.67. The number of likely N-dealkylation sites (tertiary alicyclic amines) is 1. The summed E-state index contributed by atoms with van der Waals surface area (Å²) in [6, 6.07) is 0. The molecule has 1 saturated carbocycles. The van der Waals surface area contributed by atoms with Gasteiger partial charge in [0.15, 0.2) is 0 Å². The normalized spacial score (nSPS) is 39.5. The Kier molecular flexibility index (Phi) is 3.13. The Balaban J connectivity index is 1.90. The van der Waals surface area contributed by atoms with Gasteiger partial charge >= 0.3 is 0 Å². The van der Waals surface area contributed by atoms with Crippen molar-refractivity contribution in [1.82, 2.24) is 4.90 Å². The molecule has 0 aromatic rings. The average Bonchev–Trinajstić information content (AvgIpc) is 2.62. The molecule has 1 heterocycles. The van der Waals surface area contributed by atoms with Crippen LogP contribution in [0, 0.1) is 23.2 Å². The Morgan fingerprint density at radius 2 is 1.81 bits per heavy atom. The van der Waals surface area contributed by atoms with Crippen LogP contribution in [0.3, 0.4) is 0 Å². The van der Waals surface area contributed by atoms with E-state index in [9.17, 15) is 4.79 Å². The summed E-state index contributed by atoms with van der Waals surface area (Å²) in [6.45, 7) is 12.2. The van der Waals surface area contributed by atoms with Crippen LogP contribution in [0.5, 0.6) is 0 Å². The molecule has 3 atom stereocenters. The fraction of sp³-hybridized carbons (Fsp3) is 0.929. The first-order chi connectivity index (χ1) is 7.40. The highest BCUT2D eigenvalue weighted by atomic mass is 16.1. The van der Waals surface area contributed by atoms with E-state index in [4.69, 9.17) is 0 Å². The Morgan fingerprint density at radius 1 is 1.25 bits per heavy atom. The maximum absolute atomic E-state index is 12.2. The molecule has 0 bridgehead atoms. The summed E-state index contributed by atoms with van der Waals surface area (Å²) < 4.78 is 0. The summed E-state index contributed by atoms with van der Waals surface area (Å²) in [6.07, 6.45) is 2.18. The van der Waals surface area contributed by atoms with Gasteiger partial charge < -0.3 is 4.90 Å². The molecule has 0 N–H and O–H groups in total. The van der Waals surface area contributed by atoms with E-state index in [-0.39, 0.29) is 5.41 Å². The number of nitrogens with zero attached hydrogens (tertiary/aromatic N) is 1. The van der Waals surface area contributed by atoms with Gasteiger partial charge in [-0.2, -0.15) is 0 Å². The molecule has 2 heteroatoms. The zero-order chi connectivity index (χ0) is 11.9. The van der Waals surface area contributed by atoms with Crippen molar-refractivity contribution in [1.29, 1.82) is 0 Å². The van der Waals surface area contributed by atoms with Gasteiger partial charge in [0.2, 0.25) is 0 Å². The topological polar surface area (TPSA) is 20.3 Å². The smallest absolute Gasteiger partial charge is 0.142 e. The standard InChI is InChI=1S/C14H25NO/c1-10-7-15(8-11(10)2)9-12-5-6-14(3,4)13(12)16/h10-12H,5-9H2,1-4H3. The molecule has 2 aliphatic rings. The largest absolute Gasteiger partial charge is 0.302 e. The van der Waals surface area contributed by atoms with Crippen LogP contribution in [0.25, 0.3) is 0 Å². The number of carbonyl (C=O) groups is 1. The highest BCUT2D eigenvalue weighted by molar-refractivity contribution is 5.88. The number of hydrogen-bond donors (Lipinski definition) is 0. The van der Waals surface area contributed by atoms with E-state index >= 15 is 0 Å². The van der Waals surface area contributed by atoms with Gasteiger partial charge in [0.1, 0.15) is 5.78 Å². The Hall–Kier alpha value is -0.370. The lowest BCUT2D eigenvalue weighted by Gasteiger charge is -2.21. The van der Waals surface area contributed by atoms with Gasteiger partial charge in [-0.3, -0.25) is 4.79 Å². The van der Waals surface area contributed by atoms with Crippen LogP contribution in [0.4, 0.5) is 0 Å².